The molecule has 3 heterocycles. The predicted octanol–water partition coefficient (Wildman–Crippen LogP) is 1.91. The summed E-state index contributed by atoms with van der Waals surface area (Å²) in [6.07, 6.45) is 1.04. The lowest BCUT2D eigenvalue weighted by molar-refractivity contribution is -0.136. The molecule has 1 aromatic carbocycles. The first-order chi connectivity index (χ1) is 17.2. The minimum absolute atomic E-state index is 0.0155. The van der Waals surface area contributed by atoms with E-state index in [2.05, 4.69) is 0 Å². The fraction of sp³-hybridized carbons (Fsp3) is 0.556. The van der Waals surface area contributed by atoms with Crippen molar-refractivity contribution < 1.29 is 9.59 Å². The van der Waals surface area contributed by atoms with Gasteiger partial charge >= 0.3 is 5.69 Å². The molecule has 2 aliphatic rings. The summed E-state index contributed by atoms with van der Waals surface area (Å²) in [5, 5.41) is 0. The summed E-state index contributed by atoms with van der Waals surface area (Å²) in [6, 6.07) is 11.3. The molecule has 2 amide bonds. The molecular weight excluding hydrogens is 458 g/mol. The number of anilines is 1. The van der Waals surface area contributed by atoms with E-state index in [1.54, 1.807) is 15.5 Å². The summed E-state index contributed by atoms with van der Waals surface area (Å²) < 4.78 is 2.95. The van der Waals surface area contributed by atoms with E-state index in [0.29, 0.717) is 45.1 Å². The predicted molar refractivity (Wildman–Crippen MR) is 139 cm³/mol. The van der Waals surface area contributed by atoms with Gasteiger partial charge < -0.3 is 14.7 Å². The summed E-state index contributed by atoms with van der Waals surface area (Å²) in [5.74, 6) is 0.340. The van der Waals surface area contributed by atoms with Crippen LogP contribution in [0.3, 0.4) is 0 Å². The van der Waals surface area contributed by atoms with Crippen molar-refractivity contribution in [1.29, 1.82) is 0 Å². The number of aromatic nitrogens is 2. The normalized spacial score (nSPS) is 18.6. The Kier molecular flexibility index (Phi) is 7.66. The van der Waals surface area contributed by atoms with E-state index < -0.39 is 0 Å². The fourth-order valence-electron chi connectivity index (χ4n) is 5.24. The van der Waals surface area contributed by atoms with Crippen molar-refractivity contribution >= 4 is 17.6 Å². The number of carbonyl (C=O) groups excluding carboxylic acids is 2. The van der Waals surface area contributed by atoms with Crippen molar-refractivity contribution in [3.8, 4) is 0 Å². The van der Waals surface area contributed by atoms with Crippen molar-refractivity contribution in [2.45, 2.75) is 52.6 Å². The van der Waals surface area contributed by atoms with Crippen LogP contribution in [0.15, 0.2) is 46.0 Å². The van der Waals surface area contributed by atoms with Gasteiger partial charge in [0, 0.05) is 63.8 Å². The molecule has 194 valence electrons. The molecule has 0 saturated carbocycles. The summed E-state index contributed by atoms with van der Waals surface area (Å²) in [7, 11) is 0. The third-order valence-corrected chi connectivity index (χ3v) is 7.17. The Morgan fingerprint density at radius 2 is 1.56 bits per heavy atom. The first-order valence-corrected chi connectivity index (χ1v) is 12.9. The maximum Gasteiger partial charge on any atom is 0.333 e. The standard InChI is InChI=1S/C27H37N5O4/c1-19(2)31-23(17-25(34)32(20(3)4)27(31)36)28-12-14-29(15-13-28)26(35)22-16-24(33)30(18-22)11-10-21-8-6-5-7-9-21/h5-9,17,19-20,22H,10-16,18H2,1-4H3/t22-/m1/s1. The zero-order valence-electron chi connectivity index (χ0n) is 21.7. The van der Waals surface area contributed by atoms with Crippen molar-refractivity contribution in [1.82, 2.24) is 18.9 Å². The molecule has 9 nitrogen and oxygen atoms in total. The van der Waals surface area contributed by atoms with E-state index in [4.69, 9.17) is 0 Å². The molecule has 1 atom stereocenters. The average Bonchev–Trinajstić information content (AvgIpc) is 3.22. The van der Waals surface area contributed by atoms with Crippen LogP contribution in [0.1, 0.15) is 51.8 Å². The van der Waals surface area contributed by atoms with Crippen molar-refractivity contribution in [2.24, 2.45) is 5.92 Å². The van der Waals surface area contributed by atoms with E-state index in [9.17, 15) is 19.2 Å². The lowest BCUT2D eigenvalue weighted by atomic mass is 10.1. The first-order valence-electron chi connectivity index (χ1n) is 12.9. The first kappa shape index (κ1) is 25.7. The van der Waals surface area contributed by atoms with Crippen LogP contribution in [0, 0.1) is 5.92 Å². The molecule has 2 saturated heterocycles. The van der Waals surface area contributed by atoms with Crippen LogP contribution in [0.25, 0.3) is 0 Å². The van der Waals surface area contributed by atoms with Gasteiger partial charge in [0.05, 0.1) is 5.92 Å². The quantitative estimate of drug-likeness (QED) is 0.586. The number of hydrogen-bond donors (Lipinski definition) is 0. The molecule has 0 spiro atoms. The van der Waals surface area contributed by atoms with E-state index >= 15 is 0 Å². The largest absolute Gasteiger partial charge is 0.354 e. The number of piperazine rings is 1. The molecule has 0 radical (unpaired) electrons. The Labute approximate surface area is 211 Å². The SMILES string of the molecule is CC(C)n1c(N2CCN(C(=O)[C@@H]3CC(=O)N(CCc4ccccc4)C3)CC2)cc(=O)n(C(C)C)c1=O. The van der Waals surface area contributed by atoms with Crippen molar-refractivity contribution in [3.05, 3.63) is 62.8 Å². The Morgan fingerprint density at radius 1 is 0.917 bits per heavy atom. The smallest absolute Gasteiger partial charge is 0.333 e. The van der Waals surface area contributed by atoms with Crippen LogP contribution in [-0.4, -0.2) is 70.0 Å². The van der Waals surface area contributed by atoms with Crippen LogP contribution >= 0.6 is 0 Å². The van der Waals surface area contributed by atoms with Gasteiger partial charge in [-0.1, -0.05) is 30.3 Å². The molecule has 4 rings (SSSR count). The molecule has 0 N–H and O–H groups in total. The second kappa shape index (κ2) is 10.7. The van der Waals surface area contributed by atoms with Gasteiger partial charge in [-0.3, -0.25) is 23.5 Å². The number of hydrogen-bond acceptors (Lipinski definition) is 5. The maximum atomic E-state index is 13.2. The second-order valence-electron chi connectivity index (χ2n) is 10.3. The lowest BCUT2D eigenvalue weighted by Crippen LogP contribution is -2.53. The number of amides is 2. The van der Waals surface area contributed by atoms with Crippen molar-refractivity contribution in [2.75, 3.05) is 44.2 Å². The fourth-order valence-corrected chi connectivity index (χ4v) is 5.24. The Bertz CT molecular complexity index is 1210. The van der Waals surface area contributed by atoms with E-state index in [1.807, 2.05) is 67.8 Å². The van der Waals surface area contributed by atoms with E-state index in [-0.39, 0.29) is 47.5 Å². The highest BCUT2D eigenvalue weighted by molar-refractivity contribution is 5.89. The Balaban J connectivity index is 1.39. The van der Waals surface area contributed by atoms with Gasteiger partial charge in [-0.05, 0) is 39.7 Å². The van der Waals surface area contributed by atoms with Gasteiger partial charge in [0.15, 0.2) is 0 Å². The van der Waals surface area contributed by atoms with Gasteiger partial charge in [0.1, 0.15) is 5.82 Å². The molecular formula is C27H37N5O4. The summed E-state index contributed by atoms with van der Waals surface area (Å²) in [6.45, 7) is 10.6. The Hall–Kier alpha value is -3.36. The number of carbonyl (C=O) groups is 2. The molecule has 36 heavy (non-hydrogen) atoms. The zero-order valence-corrected chi connectivity index (χ0v) is 21.7. The van der Waals surface area contributed by atoms with Crippen LogP contribution in [-0.2, 0) is 16.0 Å². The van der Waals surface area contributed by atoms with Crippen LogP contribution in [0.4, 0.5) is 5.82 Å². The summed E-state index contributed by atoms with van der Waals surface area (Å²) in [5.41, 5.74) is 0.568. The minimum atomic E-state index is -0.316. The van der Waals surface area contributed by atoms with Gasteiger partial charge in [0.2, 0.25) is 11.8 Å². The molecule has 2 aliphatic heterocycles. The van der Waals surface area contributed by atoms with Crippen LogP contribution in [0.5, 0.6) is 0 Å². The maximum absolute atomic E-state index is 13.2. The van der Waals surface area contributed by atoms with Gasteiger partial charge in [-0.2, -0.15) is 0 Å². The number of likely N-dealkylation sites (tertiary alicyclic amines) is 1. The molecule has 0 aliphatic carbocycles. The lowest BCUT2D eigenvalue weighted by Gasteiger charge is -2.38. The monoisotopic (exact) mass is 495 g/mol. The van der Waals surface area contributed by atoms with Crippen LogP contribution in [0.2, 0.25) is 0 Å². The molecule has 9 heteroatoms. The van der Waals surface area contributed by atoms with E-state index in [0.717, 1.165) is 6.42 Å². The molecule has 1 aromatic heterocycles. The molecule has 2 aromatic rings. The van der Waals surface area contributed by atoms with Crippen LogP contribution < -0.4 is 16.1 Å². The topological polar surface area (TPSA) is 87.9 Å². The zero-order chi connectivity index (χ0) is 26.0. The number of nitrogens with zero attached hydrogens (tertiary/aromatic N) is 5. The third kappa shape index (κ3) is 5.24. The highest BCUT2D eigenvalue weighted by Gasteiger charge is 2.37. The molecule has 2 fully saturated rings. The third-order valence-electron chi connectivity index (χ3n) is 7.17. The average molecular weight is 496 g/mol. The van der Waals surface area contributed by atoms with Gasteiger partial charge in [-0.25, -0.2) is 4.79 Å². The van der Waals surface area contributed by atoms with Gasteiger partial charge in [0.25, 0.3) is 5.56 Å². The Morgan fingerprint density at radius 3 is 2.17 bits per heavy atom. The highest BCUT2D eigenvalue weighted by Crippen LogP contribution is 2.23. The molecule has 0 unspecified atom stereocenters. The second-order valence-corrected chi connectivity index (χ2v) is 10.3. The van der Waals surface area contributed by atoms with Gasteiger partial charge in [-0.15, -0.1) is 0 Å². The summed E-state index contributed by atoms with van der Waals surface area (Å²) >= 11 is 0. The highest BCUT2D eigenvalue weighted by atomic mass is 16.2. The summed E-state index contributed by atoms with van der Waals surface area (Å²) in [4.78, 5) is 57.2. The number of rotatable bonds is 7. The molecule has 0 bridgehead atoms. The minimum Gasteiger partial charge on any atom is -0.354 e. The number of benzene rings is 1. The van der Waals surface area contributed by atoms with Crippen molar-refractivity contribution in [3.63, 3.8) is 0 Å². The van der Waals surface area contributed by atoms with E-state index in [1.165, 1.54) is 10.1 Å².